The molecule has 0 aliphatic carbocycles. The van der Waals surface area contributed by atoms with Crippen molar-refractivity contribution in [1.29, 1.82) is 0 Å². The standard InChI is InChI=1S/C14H15ClN4S2/c1-14(2,3)13-17-8(7-20-13)6-16-11-9(15)4-5-10-12(11)19-21-18-10/h4-5,7,16H,6H2,1-3H3. The Morgan fingerprint density at radius 1 is 1.24 bits per heavy atom. The molecule has 1 aromatic carbocycles. The molecule has 0 atom stereocenters. The van der Waals surface area contributed by atoms with Crippen LogP contribution in [0.2, 0.25) is 5.02 Å². The summed E-state index contributed by atoms with van der Waals surface area (Å²) in [4.78, 5) is 4.67. The highest BCUT2D eigenvalue weighted by Gasteiger charge is 2.18. The van der Waals surface area contributed by atoms with Crippen LogP contribution in [-0.4, -0.2) is 13.7 Å². The van der Waals surface area contributed by atoms with Crippen molar-refractivity contribution in [2.24, 2.45) is 0 Å². The second kappa shape index (κ2) is 5.51. The molecule has 0 unspecified atom stereocenters. The van der Waals surface area contributed by atoms with Crippen molar-refractivity contribution < 1.29 is 0 Å². The molecule has 0 aliphatic rings. The molecule has 0 aliphatic heterocycles. The number of nitrogens with zero attached hydrogens (tertiary/aromatic N) is 3. The zero-order valence-electron chi connectivity index (χ0n) is 12.0. The SMILES string of the molecule is CC(C)(C)c1nc(CNc2c(Cl)ccc3nsnc23)cs1. The van der Waals surface area contributed by atoms with E-state index >= 15 is 0 Å². The van der Waals surface area contributed by atoms with Gasteiger partial charge in [-0.1, -0.05) is 32.4 Å². The fraction of sp³-hybridized carbons (Fsp3) is 0.357. The predicted octanol–water partition coefficient (Wildman–Crippen LogP) is 4.71. The van der Waals surface area contributed by atoms with Crippen LogP contribution in [0.25, 0.3) is 11.0 Å². The van der Waals surface area contributed by atoms with E-state index in [1.807, 2.05) is 12.1 Å². The van der Waals surface area contributed by atoms with Crippen molar-refractivity contribution >= 4 is 51.4 Å². The average molecular weight is 339 g/mol. The van der Waals surface area contributed by atoms with Gasteiger partial charge in [-0.2, -0.15) is 8.75 Å². The number of hydrogen-bond donors (Lipinski definition) is 1. The van der Waals surface area contributed by atoms with E-state index in [9.17, 15) is 0 Å². The number of aromatic nitrogens is 3. The molecule has 0 fully saturated rings. The number of halogens is 1. The number of nitrogens with one attached hydrogen (secondary N) is 1. The van der Waals surface area contributed by atoms with E-state index in [0.29, 0.717) is 11.6 Å². The second-order valence-electron chi connectivity index (χ2n) is 5.80. The van der Waals surface area contributed by atoms with Crippen LogP contribution >= 0.6 is 34.7 Å². The molecule has 0 spiro atoms. The summed E-state index contributed by atoms with van der Waals surface area (Å²) in [6, 6.07) is 3.72. The van der Waals surface area contributed by atoms with Gasteiger partial charge in [-0.15, -0.1) is 11.3 Å². The summed E-state index contributed by atoms with van der Waals surface area (Å²) in [6.07, 6.45) is 0. The second-order valence-corrected chi connectivity index (χ2v) is 7.60. The average Bonchev–Trinajstić information content (AvgIpc) is 3.05. The molecule has 3 rings (SSSR count). The molecule has 0 saturated heterocycles. The Hall–Kier alpha value is -1.24. The molecule has 3 aromatic rings. The normalized spacial score (nSPS) is 12.0. The number of rotatable bonds is 3. The molecule has 0 bridgehead atoms. The third kappa shape index (κ3) is 3.02. The van der Waals surface area contributed by atoms with Crippen LogP contribution in [0.3, 0.4) is 0 Å². The summed E-state index contributed by atoms with van der Waals surface area (Å²) in [5.41, 5.74) is 3.60. The number of anilines is 1. The zero-order chi connectivity index (χ0) is 15.0. The van der Waals surface area contributed by atoms with Crippen LogP contribution in [0, 0.1) is 0 Å². The van der Waals surface area contributed by atoms with Crippen molar-refractivity contribution in [2.45, 2.75) is 32.7 Å². The lowest BCUT2D eigenvalue weighted by atomic mass is 9.98. The maximum atomic E-state index is 6.26. The van der Waals surface area contributed by atoms with Gasteiger partial charge in [-0.25, -0.2) is 4.98 Å². The van der Waals surface area contributed by atoms with Crippen LogP contribution < -0.4 is 5.32 Å². The first-order chi connectivity index (χ1) is 9.95. The van der Waals surface area contributed by atoms with Gasteiger partial charge < -0.3 is 5.32 Å². The van der Waals surface area contributed by atoms with Gasteiger partial charge in [0.1, 0.15) is 11.0 Å². The molecule has 1 N–H and O–H groups in total. The number of thiazole rings is 1. The summed E-state index contributed by atoms with van der Waals surface area (Å²) >= 11 is 9.14. The molecular formula is C14H15ClN4S2. The van der Waals surface area contributed by atoms with E-state index in [4.69, 9.17) is 11.6 Å². The first-order valence-electron chi connectivity index (χ1n) is 6.54. The van der Waals surface area contributed by atoms with Gasteiger partial charge in [0.25, 0.3) is 0 Å². The Kier molecular flexibility index (Phi) is 3.86. The summed E-state index contributed by atoms with van der Waals surface area (Å²) < 4.78 is 8.53. The van der Waals surface area contributed by atoms with Gasteiger partial charge in [-0.3, -0.25) is 0 Å². The maximum absolute atomic E-state index is 6.26. The van der Waals surface area contributed by atoms with Crippen molar-refractivity contribution in [3.63, 3.8) is 0 Å². The van der Waals surface area contributed by atoms with Crippen LogP contribution in [0.4, 0.5) is 5.69 Å². The fourth-order valence-corrected chi connectivity index (χ4v) is 3.58. The van der Waals surface area contributed by atoms with Gasteiger partial charge in [-0.05, 0) is 12.1 Å². The molecule has 4 nitrogen and oxygen atoms in total. The number of benzene rings is 1. The Bertz CT molecular complexity index is 773. The van der Waals surface area contributed by atoms with Crippen molar-refractivity contribution in [3.8, 4) is 0 Å². The van der Waals surface area contributed by atoms with E-state index in [-0.39, 0.29) is 5.41 Å². The molecule has 110 valence electrons. The third-order valence-corrected chi connectivity index (χ3v) is 5.19. The first-order valence-corrected chi connectivity index (χ1v) is 8.53. The van der Waals surface area contributed by atoms with Gasteiger partial charge in [0, 0.05) is 10.8 Å². The summed E-state index contributed by atoms with van der Waals surface area (Å²) in [5, 5.41) is 7.22. The largest absolute Gasteiger partial charge is 0.376 e. The lowest BCUT2D eigenvalue weighted by Gasteiger charge is -2.13. The Morgan fingerprint density at radius 2 is 2.05 bits per heavy atom. The summed E-state index contributed by atoms with van der Waals surface area (Å²) in [7, 11) is 0. The highest BCUT2D eigenvalue weighted by atomic mass is 35.5. The van der Waals surface area contributed by atoms with E-state index in [0.717, 1.165) is 27.4 Å². The Balaban J connectivity index is 1.82. The monoisotopic (exact) mass is 338 g/mol. The minimum absolute atomic E-state index is 0.0827. The van der Waals surface area contributed by atoms with E-state index < -0.39 is 0 Å². The smallest absolute Gasteiger partial charge is 0.129 e. The minimum atomic E-state index is 0.0827. The lowest BCUT2D eigenvalue weighted by molar-refractivity contribution is 0.583. The minimum Gasteiger partial charge on any atom is -0.376 e. The Labute approximate surface area is 136 Å². The van der Waals surface area contributed by atoms with Crippen molar-refractivity contribution in [1.82, 2.24) is 13.7 Å². The molecule has 0 amide bonds. The van der Waals surface area contributed by atoms with Crippen LogP contribution in [0.5, 0.6) is 0 Å². The molecule has 7 heteroatoms. The highest BCUT2D eigenvalue weighted by Crippen LogP contribution is 2.31. The Morgan fingerprint density at radius 3 is 2.76 bits per heavy atom. The molecule has 2 heterocycles. The van der Waals surface area contributed by atoms with Crippen LogP contribution in [0.1, 0.15) is 31.5 Å². The molecule has 2 aromatic heterocycles. The number of hydrogen-bond acceptors (Lipinski definition) is 6. The van der Waals surface area contributed by atoms with Crippen molar-refractivity contribution in [2.75, 3.05) is 5.32 Å². The fourth-order valence-electron chi connectivity index (χ4n) is 1.91. The zero-order valence-corrected chi connectivity index (χ0v) is 14.4. The third-order valence-electron chi connectivity index (χ3n) is 3.02. The molecule has 0 radical (unpaired) electrons. The lowest BCUT2D eigenvalue weighted by Crippen LogP contribution is -2.11. The molecule has 0 saturated carbocycles. The topological polar surface area (TPSA) is 50.7 Å². The van der Waals surface area contributed by atoms with Crippen molar-refractivity contribution in [3.05, 3.63) is 33.2 Å². The predicted molar refractivity (Wildman–Crippen MR) is 90.6 cm³/mol. The van der Waals surface area contributed by atoms with Gasteiger partial charge in [0.05, 0.1) is 39.7 Å². The van der Waals surface area contributed by atoms with Gasteiger partial charge >= 0.3 is 0 Å². The first kappa shape index (κ1) is 14.7. The van der Waals surface area contributed by atoms with Gasteiger partial charge in [0.15, 0.2) is 0 Å². The quantitative estimate of drug-likeness (QED) is 0.751. The highest BCUT2D eigenvalue weighted by molar-refractivity contribution is 7.09. The van der Waals surface area contributed by atoms with Gasteiger partial charge in [0.2, 0.25) is 0 Å². The molecule has 21 heavy (non-hydrogen) atoms. The van der Waals surface area contributed by atoms with E-state index in [1.54, 1.807) is 11.3 Å². The molecular weight excluding hydrogens is 324 g/mol. The summed E-state index contributed by atoms with van der Waals surface area (Å²) in [6.45, 7) is 7.13. The maximum Gasteiger partial charge on any atom is 0.129 e. The van der Waals surface area contributed by atoms with E-state index in [2.05, 4.69) is 45.2 Å². The number of fused-ring (bicyclic) bond motifs is 1. The summed E-state index contributed by atoms with van der Waals surface area (Å²) in [5.74, 6) is 0. The van der Waals surface area contributed by atoms with E-state index in [1.165, 1.54) is 11.7 Å². The van der Waals surface area contributed by atoms with Crippen LogP contribution in [0.15, 0.2) is 17.5 Å². The van der Waals surface area contributed by atoms with Crippen LogP contribution in [-0.2, 0) is 12.0 Å².